The minimum atomic E-state index is -3.75. The number of unbranched alkanes of at least 4 members (excludes halogenated alkanes) is 6. The Morgan fingerprint density at radius 1 is 1.00 bits per heavy atom. The van der Waals surface area contributed by atoms with Gasteiger partial charge in [-0.05, 0) is 19.3 Å². The van der Waals surface area contributed by atoms with Crippen molar-refractivity contribution in [3.8, 4) is 0 Å². The van der Waals surface area contributed by atoms with Gasteiger partial charge in [0.25, 0.3) is 0 Å². The van der Waals surface area contributed by atoms with Gasteiger partial charge in [0.2, 0.25) is 5.91 Å². The van der Waals surface area contributed by atoms with E-state index in [9.17, 15) is 19.4 Å². The highest BCUT2D eigenvalue weighted by Gasteiger charge is 2.27. The molecule has 1 amide bonds. The van der Waals surface area contributed by atoms with Crippen LogP contribution in [0, 0.1) is 0 Å². The summed E-state index contributed by atoms with van der Waals surface area (Å²) < 4.78 is 18.3. The molecule has 1 unspecified atom stereocenters. The maximum atomic E-state index is 12.4. The lowest BCUT2D eigenvalue weighted by Gasteiger charge is -2.26. The monoisotopic (exact) mass is 451 g/mol. The Labute approximate surface area is 184 Å². The molecule has 0 aromatic rings. The fourth-order valence-corrected chi connectivity index (χ4v) is 4.26. The van der Waals surface area contributed by atoms with Crippen LogP contribution in [-0.2, 0) is 13.9 Å². The van der Waals surface area contributed by atoms with Crippen LogP contribution >= 0.6 is 7.60 Å². The summed E-state index contributed by atoms with van der Waals surface area (Å²) in [6.45, 7) is 5.07. The molecule has 0 spiro atoms. The second-order valence-electron chi connectivity index (χ2n) is 9.40. The van der Waals surface area contributed by atoms with Gasteiger partial charge in [-0.25, -0.2) is 0 Å². The van der Waals surface area contributed by atoms with E-state index in [1.807, 2.05) is 21.1 Å². The molecule has 30 heavy (non-hydrogen) atoms. The van der Waals surface area contributed by atoms with Crippen LogP contribution in [0.3, 0.4) is 0 Å². The van der Waals surface area contributed by atoms with Gasteiger partial charge in [-0.1, -0.05) is 58.8 Å². The van der Waals surface area contributed by atoms with Gasteiger partial charge in [0.05, 0.1) is 39.5 Å². The molecule has 0 heterocycles. The summed E-state index contributed by atoms with van der Waals surface area (Å²) in [7, 11) is 2.22. The molecule has 8 heteroatoms. The average molecular weight is 452 g/mol. The first-order valence-corrected chi connectivity index (χ1v) is 13.5. The molecule has 0 saturated carbocycles. The molecule has 0 fully saturated rings. The van der Waals surface area contributed by atoms with Crippen LogP contribution in [0.2, 0.25) is 0 Å². The number of aliphatic hydroxyl groups is 1. The van der Waals surface area contributed by atoms with Crippen molar-refractivity contribution in [2.45, 2.75) is 96.6 Å². The van der Waals surface area contributed by atoms with Crippen molar-refractivity contribution in [2.24, 2.45) is 0 Å². The zero-order chi connectivity index (χ0) is 23.0. The zero-order valence-electron chi connectivity index (χ0n) is 20.1. The first-order valence-electron chi connectivity index (χ1n) is 11.7. The van der Waals surface area contributed by atoms with Crippen LogP contribution in [0.5, 0.6) is 0 Å². The maximum absolute atomic E-state index is 12.4. The SMILES string of the molecule is CCCCCCC[C@H](O)[C@@H](CCP(=O)(O)OCC[N+](C)(C)C)NC(=O)CCCCC. The fraction of sp³-hybridized carbons (Fsp3) is 0.955. The highest BCUT2D eigenvalue weighted by molar-refractivity contribution is 7.52. The Morgan fingerprint density at radius 2 is 1.60 bits per heavy atom. The third-order valence-corrected chi connectivity index (χ3v) is 6.61. The van der Waals surface area contributed by atoms with Gasteiger partial charge >= 0.3 is 7.60 Å². The second-order valence-corrected chi connectivity index (χ2v) is 11.4. The number of aliphatic hydroxyl groups excluding tert-OH is 1. The molecule has 0 rings (SSSR count). The fourth-order valence-electron chi connectivity index (χ4n) is 3.16. The number of quaternary nitrogens is 1. The van der Waals surface area contributed by atoms with Gasteiger partial charge in [0.15, 0.2) is 0 Å². The Balaban J connectivity index is 4.68. The Kier molecular flexibility index (Phi) is 16.0. The quantitative estimate of drug-likeness (QED) is 0.156. The molecule has 0 radical (unpaired) electrons. The molecule has 7 nitrogen and oxygen atoms in total. The summed E-state index contributed by atoms with van der Waals surface area (Å²) in [5.74, 6) is -0.0998. The molecule has 0 aliphatic rings. The number of nitrogens with zero attached hydrogens (tertiary/aromatic N) is 1. The number of rotatable bonds is 19. The van der Waals surface area contributed by atoms with Crippen molar-refractivity contribution >= 4 is 13.5 Å². The first-order chi connectivity index (χ1) is 14.0. The lowest BCUT2D eigenvalue weighted by atomic mass is 10.0. The van der Waals surface area contributed by atoms with Crippen molar-refractivity contribution in [1.82, 2.24) is 5.32 Å². The number of nitrogens with one attached hydrogen (secondary N) is 1. The lowest BCUT2D eigenvalue weighted by molar-refractivity contribution is -0.870. The average Bonchev–Trinajstić information content (AvgIpc) is 2.63. The number of hydrogen-bond acceptors (Lipinski definition) is 4. The van der Waals surface area contributed by atoms with Crippen LogP contribution in [0.1, 0.15) is 84.5 Å². The van der Waals surface area contributed by atoms with E-state index in [4.69, 9.17) is 4.52 Å². The molecule has 0 aliphatic heterocycles. The van der Waals surface area contributed by atoms with Gasteiger partial charge in [0, 0.05) is 6.42 Å². The Morgan fingerprint density at radius 3 is 2.20 bits per heavy atom. The third-order valence-electron chi connectivity index (χ3n) is 5.20. The Hall–Kier alpha value is -0.460. The van der Waals surface area contributed by atoms with E-state index in [0.29, 0.717) is 23.9 Å². The predicted octanol–water partition coefficient (Wildman–Crippen LogP) is 4.07. The topological polar surface area (TPSA) is 95.9 Å². The van der Waals surface area contributed by atoms with Crippen LogP contribution in [0.15, 0.2) is 0 Å². The second kappa shape index (κ2) is 16.2. The van der Waals surface area contributed by atoms with Gasteiger partial charge < -0.3 is 24.3 Å². The summed E-state index contributed by atoms with van der Waals surface area (Å²) in [4.78, 5) is 22.4. The number of hydrogen-bond donors (Lipinski definition) is 3. The molecule has 0 aromatic heterocycles. The molecular formula is C22H48N2O5P+. The summed E-state index contributed by atoms with van der Waals surface area (Å²) in [6, 6.07) is -0.521. The molecule has 180 valence electrons. The molecule has 0 bridgehead atoms. The minimum Gasteiger partial charge on any atom is -0.391 e. The van der Waals surface area contributed by atoms with Crippen molar-refractivity contribution in [3.63, 3.8) is 0 Å². The summed E-state index contributed by atoms with van der Waals surface area (Å²) >= 11 is 0. The normalized spacial score (nSPS) is 16.1. The highest BCUT2D eigenvalue weighted by atomic mass is 31.2. The smallest absolute Gasteiger partial charge is 0.328 e. The summed E-state index contributed by atoms with van der Waals surface area (Å²) in [5.41, 5.74) is 0. The number of amides is 1. The highest BCUT2D eigenvalue weighted by Crippen LogP contribution is 2.42. The Bertz CT molecular complexity index is 496. The van der Waals surface area contributed by atoms with E-state index in [1.165, 1.54) is 12.8 Å². The minimum absolute atomic E-state index is 0.0725. The van der Waals surface area contributed by atoms with Gasteiger partial charge in [-0.2, -0.15) is 0 Å². The van der Waals surface area contributed by atoms with Crippen LogP contribution in [0.4, 0.5) is 0 Å². The van der Waals surface area contributed by atoms with E-state index < -0.39 is 19.7 Å². The van der Waals surface area contributed by atoms with Gasteiger partial charge in [0.1, 0.15) is 13.2 Å². The van der Waals surface area contributed by atoms with E-state index in [2.05, 4.69) is 19.2 Å². The van der Waals surface area contributed by atoms with E-state index in [-0.39, 0.29) is 25.1 Å². The molecule has 0 aromatic carbocycles. The maximum Gasteiger partial charge on any atom is 0.328 e. The van der Waals surface area contributed by atoms with Crippen molar-refractivity contribution in [3.05, 3.63) is 0 Å². The summed E-state index contributed by atoms with van der Waals surface area (Å²) in [6.07, 6.45) is 8.72. The number of carbonyl (C=O) groups is 1. The standard InChI is InChI=1S/C22H47N2O5P/c1-6-8-10-11-13-14-21(25)20(23-22(26)15-12-9-7-2)16-19-30(27,28)29-18-17-24(3,4)5/h20-21,25H,6-19H2,1-5H3,(H-,23,26,27,28)/p+1/t20-,21+/m1/s1. The zero-order valence-corrected chi connectivity index (χ0v) is 21.0. The molecule has 3 N–H and O–H groups in total. The molecule has 0 saturated heterocycles. The van der Waals surface area contributed by atoms with Crippen molar-refractivity contribution in [1.29, 1.82) is 0 Å². The lowest BCUT2D eigenvalue weighted by Crippen LogP contribution is -2.44. The first kappa shape index (κ1) is 29.5. The molecule has 0 aliphatic carbocycles. The van der Waals surface area contributed by atoms with Crippen LogP contribution in [-0.4, -0.2) is 73.0 Å². The van der Waals surface area contributed by atoms with Crippen LogP contribution < -0.4 is 5.32 Å². The molecule has 3 atom stereocenters. The van der Waals surface area contributed by atoms with Gasteiger partial charge in [-0.15, -0.1) is 0 Å². The van der Waals surface area contributed by atoms with Crippen molar-refractivity contribution in [2.75, 3.05) is 40.5 Å². The van der Waals surface area contributed by atoms with E-state index in [1.54, 1.807) is 0 Å². The van der Waals surface area contributed by atoms with Crippen LogP contribution in [0.25, 0.3) is 0 Å². The largest absolute Gasteiger partial charge is 0.391 e. The number of likely N-dealkylation sites (N-methyl/N-ethyl adjacent to an activating group) is 1. The third kappa shape index (κ3) is 17.2. The van der Waals surface area contributed by atoms with Gasteiger partial charge in [-0.3, -0.25) is 9.36 Å². The van der Waals surface area contributed by atoms with Crippen molar-refractivity contribution < 1.29 is 28.4 Å². The van der Waals surface area contributed by atoms with E-state index >= 15 is 0 Å². The predicted molar refractivity (Wildman–Crippen MR) is 124 cm³/mol. The summed E-state index contributed by atoms with van der Waals surface area (Å²) in [5, 5.41) is 13.5. The van der Waals surface area contributed by atoms with E-state index in [0.717, 1.165) is 38.5 Å². The molecular weight excluding hydrogens is 403 g/mol. The number of carbonyl (C=O) groups excluding carboxylic acids is 1.